The van der Waals surface area contributed by atoms with Crippen molar-refractivity contribution in [2.24, 2.45) is 5.92 Å². The standard InChI is InChI=1S/C14H18N6O2S2/c1-7(21)15-13-19-17-11(23-13)6-9-3-4-10(5-9)12-18-20-14(24-12)16-8(2)22/h9-10H,3-6H2,1-2H3,(H,15,19,21)(H,16,20,22)/t9-,10+/m1/s1. The molecule has 2 atom stereocenters. The van der Waals surface area contributed by atoms with Crippen LogP contribution in [-0.4, -0.2) is 32.2 Å². The minimum absolute atomic E-state index is 0.131. The molecule has 0 saturated heterocycles. The van der Waals surface area contributed by atoms with Crippen LogP contribution >= 0.6 is 22.7 Å². The molecule has 0 bridgehead atoms. The Morgan fingerprint density at radius 2 is 1.67 bits per heavy atom. The number of aromatic nitrogens is 4. The Bertz CT molecular complexity index is 743. The summed E-state index contributed by atoms with van der Waals surface area (Å²) in [5.41, 5.74) is 0. The number of carbonyl (C=O) groups is 2. The fourth-order valence-electron chi connectivity index (χ4n) is 2.87. The van der Waals surface area contributed by atoms with Gasteiger partial charge >= 0.3 is 0 Å². The molecule has 0 spiro atoms. The Morgan fingerprint density at radius 3 is 2.38 bits per heavy atom. The first-order valence-electron chi connectivity index (χ1n) is 7.70. The molecule has 2 N–H and O–H groups in total. The molecule has 0 unspecified atom stereocenters. The van der Waals surface area contributed by atoms with Gasteiger partial charge in [0, 0.05) is 26.2 Å². The second-order valence-corrected chi connectivity index (χ2v) is 7.96. The number of anilines is 2. The van der Waals surface area contributed by atoms with Gasteiger partial charge in [0.25, 0.3) is 0 Å². The first-order chi connectivity index (χ1) is 11.5. The first kappa shape index (κ1) is 16.9. The van der Waals surface area contributed by atoms with Crippen LogP contribution in [0.1, 0.15) is 49.0 Å². The molecule has 1 fully saturated rings. The summed E-state index contributed by atoms with van der Waals surface area (Å²) in [6, 6.07) is 0. The monoisotopic (exact) mass is 366 g/mol. The van der Waals surface area contributed by atoms with E-state index < -0.39 is 0 Å². The van der Waals surface area contributed by atoms with Gasteiger partial charge in [0.2, 0.25) is 22.1 Å². The summed E-state index contributed by atoms with van der Waals surface area (Å²) in [5.74, 6) is 0.650. The van der Waals surface area contributed by atoms with E-state index in [-0.39, 0.29) is 11.8 Å². The van der Waals surface area contributed by atoms with Gasteiger partial charge in [-0.05, 0) is 25.2 Å². The summed E-state index contributed by atoms with van der Waals surface area (Å²) < 4.78 is 0. The molecule has 8 nitrogen and oxygen atoms in total. The normalized spacial score (nSPS) is 20.1. The fourth-order valence-corrected chi connectivity index (χ4v) is 4.71. The van der Waals surface area contributed by atoms with E-state index in [4.69, 9.17) is 0 Å². The Hall–Kier alpha value is -1.94. The van der Waals surface area contributed by atoms with Crippen LogP contribution in [0.5, 0.6) is 0 Å². The van der Waals surface area contributed by atoms with Crippen molar-refractivity contribution in [2.45, 2.75) is 45.4 Å². The average molecular weight is 366 g/mol. The summed E-state index contributed by atoms with van der Waals surface area (Å²) in [4.78, 5) is 22.1. The van der Waals surface area contributed by atoms with Crippen LogP contribution < -0.4 is 10.6 Å². The van der Waals surface area contributed by atoms with Gasteiger partial charge in [-0.15, -0.1) is 20.4 Å². The summed E-state index contributed by atoms with van der Waals surface area (Å²) in [7, 11) is 0. The van der Waals surface area contributed by atoms with Crippen molar-refractivity contribution < 1.29 is 9.59 Å². The van der Waals surface area contributed by atoms with E-state index in [0.29, 0.717) is 22.1 Å². The molecule has 2 amide bonds. The van der Waals surface area contributed by atoms with Crippen molar-refractivity contribution in [3.63, 3.8) is 0 Å². The Balaban J connectivity index is 1.55. The lowest BCUT2D eigenvalue weighted by atomic mass is 10.0. The third kappa shape index (κ3) is 4.32. The number of hydrogen-bond donors (Lipinski definition) is 2. The lowest BCUT2D eigenvalue weighted by Crippen LogP contribution is -2.04. The van der Waals surface area contributed by atoms with Crippen LogP contribution in [-0.2, 0) is 16.0 Å². The molecule has 2 aromatic heterocycles. The summed E-state index contributed by atoms with van der Waals surface area (Å²) in [5, 5.41) is 24.7. The van der Waals surface area contributed by atoms with Crippen molar-refractivity contribution in [1.29, 1.82) is 0 Å². The molecule has 0 aromatic carbocycles. The largest absolute Gasteiger partial charge is 0.301 e. The third-order valence-electron chi connectivity index (χ3n) is 3.83. The number of amides is 2. The molecular formula is C14H18N6O2S2. The van der Waals surface area contributed by atoms with Crippen LogP contribution in [0, 0.1) is 5.92 Å². The van der Waals surface area contributed by atoms with Gasteiger partial charge in [-0.1, -0.05) is 22.7 Å². The predicted octanol–water partition coefficient (Wildman–Crippen LogP) is 2.43. The zero-order valence-electron chi connectivity index (χ0n) is 13.4. The predicted molar refractivity (Wildman–Crippen MR) is 92.2 cm³/mol. The van der Waals surface area contributed by atoms with Crippen LogP contribution in [0.4, 0.5) is 10.3 Å². The molecule has 1 aliphatic rings. The second-order valence-electron chi connectivity index (χ2n) is 5.89. The summed E-state index contributed by atoms with van der Waals surface area (Å²) in [6.07, 6.45) is 4.07. The first-order valence-corrected chi connectivity index (χ1v) is 9.34. The zero-order chi connectivity index (χ0) is 17.1. The van der Waals surface area contributed by atoms with E-state index >= 15 is 0 Å². The number of hydrogen-bond acceptors (Lipinski definition) is 8. The molecule has 0 aliphatic heterocycles. The van der Waals surface area contributed by atoms with Gasteiger partial charge in [0.1, 0.15) is 10.0 Å². The van der Waals surface area contributed by atoms with Crippen molar-refractivity contribution in [2.75, 3.05) is 10.6 Å². The fraction of sp³-hybridized carbons (Fsp3) is 0.571. The van der Waals surface area contributed by atoms with Crippen molar-refractivity contribution in [3.05, 3.63) is 10.0 Å². The van der Waals surface area contributed by atoms with Gasteiger partial charge in [0.15, 0.2) is 0 Å². The van der Waals surface area contributed by atoms with E-state index in [9.17, 15) is 9.59 Å². The molecule has 10 heteroatoms. The number of nitrogens with zero attached hydrogens (tertiary/aromatic N) is 4. The van der Waals surface area contributed by atoms with Gasteiger partial charge in [-0.2, -0.15) is 0 Å². The minimum Gasteiger partial charge on any atom is -0.301 e. The van der Waals surface area contributed by atoms with Crippen molar-refractivity contribution >= 4 is 44.8 Å². The highest BCUT2D eigenvalue weighted by molar-refractivity contribution is 7.15. The summed E-state index contributed by atoms with van der Waals surface area (Å²) >= 11 is 2.88. The molecule has 1 aliphatic carbocycles. The zero-order valence-corrected chi connectivity index (χ0v) is 15.0. The van der Waals surface area contributed by atoms with Gasteiger partial charge in [-0.3, -0.25) is 9.59 Å². The molecule has 3 rings (SSSR count). The Labute approximate surface area is 147 Å². The highest BCUT2D eigenvalue weighted by Gasteiger charge is 2.29. The van der Waals surface area contributed by atoms with Crippen molar-refractivity contribution in [3.8, 4) is 0 Å². The van der Waals surface area contributed by atoms with Crippen LogP contribution in [0.25, 0.3) is 0 Å². The van der Waals surface area contributed by atoms with Gasteiger partial charge < -0.3 is 10.6 Å². The molecule has 2 heterocycles. The summed E-state index contributed by atoms with van der Waals surface area (Å²) in [6.45, 7) is 2.92. The molecule has 1 saturated carbocycles. The van der Waals surface area contributed by atoms with E-state index in [1.54, 1.807) is 0 Å². The second kappa shape index (κ2) is 7.31. The molecule has 24 heavy (non-hydrogen) atoms. The molecular weight excluding hydrogens is 348 g/mol. The quantitative estimate of drug-likeness (QED) is 0.841. The molecule has 2 aromatic rings. The van der Waals surface area contributed by atoms with Gasteiger partial charge in [-0.25, -0.2) is 0 Å². The highest BCUT2D eigenvalue weighted by atomic mass is 32.1. The van der Waals surface area contributed by atoms with E-state index in [2.05, 4.69) is 31.0 Å². The van der Waals surface area contributed by atoms with Crippen LogP contribution in [0.2, 0.25) is 0 Å². The highest BCUT2D eigenvalue weighted by Crippen LogP contribution is 2.41. The van der Waals surface area contributed by atoms with E-state index in [0.717, 1.165) is 35.7 Å². The number of carbonyl (C=O) groups excluding carboxylic acids is 2. The van der Waals surface area contributed by atoms with Crippen LogP contribution in [0.3, 0.4) is 0 Å². The number of rotatable bonds is 5. The number of nitrogens with one attached hydrogen (secondary N) is 2. The average Bonchev–Trinajstić information content (AvgIpc) is 3.19. The topological polar surface area (TPSA) is 110 Å². The van der Waals surface area contributed by atoms with Gasteiger partial charge in [0.05, 0.1) is 0 Å². The molecule has 128 valence electrons. The van der Waals surface area contributed by atoms with Crippen molar-refractivity contribution in [1.82, 2.24) is 20.4 Å². The maximum Gasteiger partial charge on any atom is 0.223 e. The Morgan fingerprint density at radius 1 is 1.00 bits per heavy atom. The van der Waals surface area contributed by atoms with Crippen LogP contribution in [0.15, 0.2) is 0 Å². The van der Waals surface area contributed by atoms with E-state index in [1.165, 1.54) is 36.5 Å². The SMILES string of the molecule is CC(=O)Nc1nnc(C[C@@H]2CC[C@H](c3nnc(NC(C)=O)s3)C2)s1. The lowest BCUT2D eigenvalue weighted by molar-refractivity contribution is -0.115. The third-order valence-corrected chi connectivity index (χ3v) is 5.69. The minimum atomic E-state index is -0.134. The maximum absolute atomic E-state index is 11.1. The van der Waals surface area contributed by atoms with E-state index in [1.807, 2.05) is 0 Å². The smallest absolute Gasteiger partial charge is 0.223 e. The lowest BCUT2D eigenvalue weighted by Gasteiger charge is -2.06. The molecule has 0 radical (unpaired) electrons. The Kier molecular flexibility index (Phi) is 5.14. The maximum atomic E-state index is 11.1.